The molecule has 5 atom stereocenters. The minimum atomic E-state index is -5.74. The van der Waals surface area contributed by atoms with Crippen LogP contribution < -0.4 is 22.4 Å². The van der Waals surface area contributed by atoms with Crippen molar-refractivity contribution >= 4 is 62.9 Å². The number of carbonyl (C=O) groups is 1. The Labute approximate surface area is 280 Å². The van der Waals surface area contributed by atoms with Crippen LogP contribution in [0, 0.1) is 18.8 Å². The molecule has 268 valence electrons. The number of fused-ring (bicyclic) bond motifs is 2. The number of nitrogens with two attached hydrogens (primary N) is 2. The molecule has 0 saturated carbocycles. The molecule has 24 heteroatoms. The Hall–Kier alpha value is -3.99. The second-order valence-corrected chi connectivity index (χ2v) is 15.2. The fraction of sp³-hybridized carbons (Fsp3) is 0.308. The number of nitrogens with one attached hydrogen (secondary N) is 1. The lowest BCUT2D eigenvalue weighted by molar-refractivity contribution is -0.120. The van der Waals surface area contributed by atoms with E-state index < -0.39 is 60.0 Å². The highest BCUT2D eigenvalue weighted by Crippen LogP contribution is 2.66. The number of aryl methyl sites for hydroxylation is 1. The summed E-state index contributed by atoms with van der Waals surface area (Å²) in [5, 5.41) is 14.1. The Morgan fingerprint density at radius 2 is 1.88 bits per heavy atom. The molecular formula is C26H29N6O15P3. The summed E-state index contributed by atoms with van der Waals surface area (Å²) in [6.45, 7) is 0.694. The molecule has 50 heavy (non-hydrogen) atoms. The molecule has 1 aromatic carbocycles. The predicted molar refractivity (Wildman–Crippen MR) is 172 cm³/mol. The first-order valence-corrected chi connectivity index (χ1v) is 18.6. The van der Waals surface area contributed by atoms with Crippen LogP contribution in [0.4, 0.5) is 11.5 Å². The highest BCUT2D eigenvalue weighted by atomic mass is 31.3. The van der Waals surface area contributed by atoms with E-state index in [2.05, 4.69) is 40.3 Å². The number of anilines is 2. The van der Waals surface area contributed by atoms with E-state index in [1.807, 2.05) is 0 Å². The summed E-state index contributed by atoms with van der Waals surface area (Å²) in [5.74, 6) is 5.20. The van der Waals surface area contributed by atoms with E-state index >= 15 is 0 Å². The number of amides is 1. The van der Waals surface area contributed by atoms with Gasteiger partial charge in [-0.3, -0.25) is 9.32 Å². The lowest BCUT2D eigenvalue weighted by Gasteiger charge is -2.19. The van der Waals surface area contributed by atoms with Crippen molar-refractivity contribution in [2.24, 2.45) is 0 Å². The molecule has 10 N–H and O–H groups in total. The van der Waals surface area contributed by atoms with Crippen molar-refractivity contribution in [1.29, 1.82) is 0 Å². The van der Waals surface area contributed by atoms with Gasteiger partial charge in [0.15, 0.2) is 0 Å². The lowest BCUT2D eigenvalue weighted by Crippen LogP contribution is -2.28. The number of aromatic nitrogens is 3. The van der Waals surface area contributed by atoms with Gasteiger partial charge in [-0.25, -0.2) is 28.5 Å². The van der Waals surface area contributed by atoms with Gasteiger partial charge in [-0.15, -0.1) is 0 Å². The minimum Gasteiger partial charge on any atom is -0.422 e. The van der Waals surface area contributed by atoms with E-state index in [4.69, 9.17) is 30.4 Å². The topological polar surface area (TPSA) is 331 Å². The number of nitrogen functional groups attached to an aromatic ring is 2. The van der Waals surface area contributed by atoms with Gasteiger partial charge in [-0.05, 0) is 24.6 Å². The van der Waals surface area contributed by atoms with Gasteiger partial charge in [0, 0.05) is 29.8 Å². The normalized spacial score (nSPS) is 20.2. The number of phosphoric acid groups is 3. The van der Waals surface area contributed by atoms with Crippen LogP contribution in [-0.4, -0.2) is 70.5 Å². The van der Waals surface area contributed by atoms with E-state index in [-0.39, 0.29) is 36.4 Å². The average Bonchev–Trinajstić information content (AvgIpc) is 3.55. The highest BCUT2D eigenvalue weighted by Gasteiger charge is 2.43. The number of ether oxygens (including phenoxy) is 1. The van der Waals surface area contributed by atoms with Crippen molar-refractivity contribution < 1.29 is 65.5 Å². The fourth-order valence-electron chi connectivity index (χ4n) is 5.05. The molecule has 1 aliphatic heterocycles. The van der Waals surface area contributed by atoms with Crippen LogP contribution in [0.15, 0.2) is 39.9 Å². The van der Waals surface area contributed by atoms with Gasteiger partial charge >= 0.3 is 29.1 Å². The molecule has 3 unspecified atom stereocenters. The Morgan fingerprint density at radius 1 is 1.14 bits per heavy atom. The molecule has 4 heterocycles. The third-order valence-corrected chi connectivity index (χ3v) is 11.0. The van der Waals surface area contributed by atoms with Crippen LogP contribution in [0.3, 0.4) is 0 Å². The maximum Gasteiger partial charge on any atom is 0.490 e. The molecule has 1 aliphatic rings. The minimum absolute atomic E-state index is 0.0464. The molecule has 0 radical (unpaired) electrons. The zero-order valence-corrected chi connectivity index (χ0v) is 28.3. The third-order valence-electron chi connectivity index (χ3n) is 7.22. The molecule has 5 rings (SSSR count). The first-order chi connectivity index (χ1) is 23.3. The number of phosphoric ester groups is 1. The summed E-state index contributed by atoms with van der Waals surface area (Å²) in [7, 11) is -16.8. The van der Waals surface area contributed by atoms with Crippen LogP contribution in [0.5, 0.6) is 0 Å². The maximum atomic E-state index is 12.7. The Balaban J connectivity index is 1.25. The van der Waals surface area contributed by atoms with Crippen LogP contribution in [0.1, 0.15) is 29.3 Å². The second-order valence-electron chi connectivity index (χ2n) is 10.7. The number of aliphatic hydroxyl groups is 1. The molecular weight excluding hydrogens is 729 g/mol. The van der Waals surface area contributed by atoms with Gasteiger partial charge in [0.05, 0.1) is 42.2 Å². The van der Waals surface area contributed by atoms with Gasteiger partial charge in [-0.1, -0.05) is 11.8 Å². The average molecular weight is 758 g/mol. The summed E-state index contributed by atoms with van der Waals surface area (Å²) < 4.78 is 59.0. The van der Waals surface area contributed by atoms with E-state index in [9.17, 15) is 38.2 Å². The first kappa shape index (κ1) is 37.3. The summed E-state index contributed by atoms with van der Waals surface area (Å²) in [6, 6.07) is 4.88. The smallest absolute Gasteiger partial charge is 0.422 e. The molecule has 3 aromatic heterocycles. The molecule has 0 spiro atoms. The zero-order valence-electron chi connectivity index (χ0n) is 25.6. The van der Waals surface area contributed by atoms with Crippen LogP contribution >= 0.6 is 23.5 Å². The third kappa shape index (κ3) is 8.83. The number of hydrogen-bond donors (Lipinski definition) is 8. The number of rotatable bonds is 11. The van der Waals surface area contributed by atoms with Crippen molar-refractivity contribution in [2.75, 3.05) is 24.6 Å². The standard InChI is InChI=1S/C26H29N6O15P3/c1-13-16-5-4-15(27)7-19(16)45-26(35)17(13)8-21(34)29-6-2-3-14-10-32(25-23(14)24(28)30-12-31-25)22-9-18(33)20(44-22)11-43-49(39,40)47-50(41,42)46-48(36,37)38/h4-5,7,10,12,18,20,22,33H,6,8-9,11,27H2,1H3,(H,29,34)(H,39,40)(H,41,42)(H2,28,30,31)(H2,36,37,38)/t18-,20?,22-/m1/s1. The molecule has 1 amide bonds. The van der Waals surface area contributed by atoms with Gasteiger partial charge in [0.1, 0.15) is 35.7 Å². The van der Waals surface area contributed by atoms with Crippen molar-refractivity contribution in [3.8, 4) is 11.8 Å². The number of benzene rings is 1. The monoisotopic (exact) mass is 758 g/mol. The zero-order chi connectivity index (χ0) is 36.6. The van der Waals surface area contributed by atoms with E-state index in [1.54, 1.807) is 19.1 Å². The van der Waals surface area contributed by atoms with Crippen LogP contribution in [0.25, 0.3) is 22.0 Å². The van der Waals surface area contributed by atoms with Crippen molar-refractivity contribution in [2.45, 2.75) is 38.2 Å². The summed E-state index contributed by atoms with van der Waals surface area (Å²) in [5.41, 5.74) is 13.2. The van der Waals surface area contributed by atoms with E-state index in [0.717, 1.165) is 0 Å². The fourth-order valence-corrected chi connectivity index (χ4v) is 8.08. The van der Waals surface area contributed by atoms with Crippen molar-refractivity contribution in [3.63, 3.8) is 0 Å². The predicted octanol–water partition coefficient (Wildman–Crippen LogP) is 0.713. The molecule has 1 saturated heterocycles. The van der Waals surface area contributed by atoms with E-state index in [1.165, 1.54) is 23.2 Å². The molecule has 4 aromatic rings. The summed E-state index contributed by atoms with van der Waals surface area (Å²) in [6.07, 6.45) is -1.32. The molecule has 0 aliphatic carbocycles. The van der Waals surface area contributed by atoms with Gasteiger partial charge in [0.25, 0.3) is 0 Å². The SMILES string of the molecule is Cc1c(CC(=O)NCC#Cc2cn([C@H]3C[C@@H](O)C(COP(=O)(O)OP(=O)(O)OP(=O)(O)O)O3)c3ncnc(N)c23)c(=O)oc2cc(N)ccc12. The second kappa shape index (κ2) is 14.3. The Morgan fingerprint density at radius 3 is 2.60 bits per heavy atom. The maximum absolute atomic E-state index is 12.7. The van der Waals surface area contributed by atoms with Gasteiger partial charge in [0.2, 0.25) is 5.91 Å². The quantitative estimate of drug-likeness (QED) is 0.0452. The van der Waals surface area contributed by atoms with Gasteiger partial charge < -0.3 is 55.2 Å². The number of aliphatic hydroxyl groups excluding tert-OH is 1. The van der Waals surface area contributed by atoms with Crippen LogP contribution in [0.2, 0.25) is 0 Å². The summed E-state index contributed by atoms with van der Waals surface area (Å²) in [4.78, 5) is 69.8. The Bertz CT molecular complexity index is 2240. The molecule has 21 nitrogen and oxygen atoms in total. The molecule has 1 fully saturated rings. The number of hydrogen-bond acceptors (Lipinski definition) is 15. The number of nitrogens with zero attached hydrogens (tertiary/aromatic N) is 3. The largest absolute Gasteiger partial charge is 0.490 e. The lowest BCUT2D eigenvalue weighted by atomic mass is 10.0. The highest BCUT2D eigenvalue weighted by molar-refractivity contribution is 7.66. The molecule has 0 bridgehead atoms. The first-order valence-electron chi connectivity index (χ1n) is 14.1. The van der Waals surface area contributed by atoms with Crippen LogP contribution in [-0.2, 0) is 42.8 Å². The number of carbonyl (C=O) groups excluding carboxylic acids is 1. The Kier molecular flexibility index (Phi) is 10.7. The van der Waals surface area contributed by atoms with Gasteiger partial charge in [-0.2, -0.15) is 8.62 Å². The van der Waals surface area contributed by atoms with E-state index in [0.29, 0.717) is 33.2 Å². The van der Waals surface area contributed by atoms with Crippen molar-refractivity contribution in [3.05, 3.63) is 57.8 Å². The summed E-state index contributed by atoms with van der Waals surface area (Å²) >= 11 is 0. The van der Waals surface area contributed by atoms with Crippen molar-refractivity contribution in [1.82, 2.24) is 19.9 Å².